The number of benzene rings is 10. The molecule has 0 aromatic heterocycles. The molecule has 0 bridgehead atoms. The molecule has 312 valence electrons. The Morgan fingerprint density at radius 2 is 0.821 bits per heavy atom. The second-order valence-electron chi connectivity index (χ2n) is 18.9. The SMILES string of the molecule is C1=CC2=C(CC1)c1c(ccc3cc(N(c4ccc(-c5ccccc5)cc4)c4ccc5c(c4)C4(c6ccccc6-c6ccccc64)c4ccccc4-5)ccc13)C21c2ccccc2-c2ccccc21. The van der Waals surface area contributed by atoms with Crippen molar-refractivity contribution in [1.29, 1.82) is 0 Å². The predicted octanol–water partition coefficient (Wildman–Crippen LogP) is 16.8. The average molecular weight is 850 g/mol. The molecular weight excluding hydrogens is 807 g/mol. The summed E-state index contributed by atoms with van der Waals surface area (Å²) in [7, 11) is 0. The van der Waals surface area contributed by atoms with Crippen molar-refractivity contribution in [3.05, 3.63) is 287 Å². The third kappa shape index (κ3) is 4.73. The molecule has 5 aliphatic rings. The molecule has 10 aromatic rings. The van der Waals surface area contributed by atoms with E-state index in [2.05, 4.69) is 242 Å². The van der Waals surface area contributed by atoms with Crippen LogP contribution in [0.25, 0.3) is 60.9 Å². The molecule has 0 aliphatic heterocycles. The third-order valence-corrected chi connectivity index (χ3v) is 16.0. The Balaban J connectivity index is 0.952. The van der Waals surface area contributed by atoms with Gasteiger partial charge in [0.25, 0.3) is 0 Å². The first-order valence-electron chi connectivity index (χ1n) is 23.8. The molecule has 67 heavy (non-hydrogen) atoms. The minimum Gasteiger partial charge on any atom is -0.310 e. The largest absolute Gasteiger partial charge is 0.310 e. The summed E-state index contributed by atoms with van der Waals surface area (Å²) in [5.74, 6) is 0. The normalized spacial score (nSPS) is 15.5. The Labute approximate surface area is 391 Å². The maximum Gasteiger partial charge on any atom is 0.0726 e. The van der Waals surface area contributed by atoms with Gasteiger partial charge in [0.05, 0.1) is 10.8 Å². The monoisotopic (exact) mass is 849 g/mol. The molecule has 2 spiro atoms. The molecule has 0 amide bonds. The first kappa shape index (κ1) is 37.0. The van der Waals surface area contributed by atoms with Crippen LogP contribution >= 0.6 is 0 Å². The van der Waals surface area contributed by atoms with E-state index in [1.54, 1.807) is 0 Å². The summed E-state index contributed by atoms with van der Waals surface area (Å²) in [6.45, 7) is 0. The van der Waals surface area contributed by atoms with Gasteiger partial charge in [0, 0.05) is 17.1 Å². The number of fused-ring (bicyclic) bond motifs is 21. The van der Waals surface area contributed by atoms with Crippen molar-refractivity contribution in [1.82, 2.24) is 0 Å². The lowest BCUT2D eigenvalue weighted by atomic mass is 9.69. The summed E-state index contributed by atoms with van der Waals surface area (Å²) in [5.41, 5.74) is 27.0. The summed E-state index contributed by atoms with van der Waals surface area (Å²) < 4.78 is 0. The number of rotatable bonds is 4. The van der Waals surface area contributed by atoms with Crippen LogP contribution in [0.2, 0.25) is 0 Å². The topological polar surface area (TPSA) is 3.24 Å². The minimum absolute atomic E-state index is 0.330. The van der Waals surface area contributed by atoms with Crippen LogP contribution in [-0.4, -0.2) is 0 Å². The van der Waals surface area contributed by atoms with Gasteiger partial charge in [0.2, 0.25) is 0 Å². The number of allylic oxidation sites excluding steroid dienone is 4. The summed E-state index contributed by atoms with van der Waals surface area (Å²) in [6, 6.07) is 84.8. The van der Waals surface area contributed by atoms with Gasteiger partial charge in [-0.15, -0.1) is 0 Å². The van der Waals surface area contributed by atoms with Crippen molar-refractivity contribution in [3.8, 4) is 44.5 Å². The summed E-state index contributed by atoms with van der Waals surface area (Å²) >= 11 is 0. The highest BCUT2D eigenvalue weighted by Crippen LogP contribution is 2.65. The van der Waals surface area contributed by atoms with Crippen molar-refractivity contribution >= 4 is 33.4 Å². The van der Waals surface area contributed by atoms with Gasteiger partial charge in [-0.25, -0.2) is 0 Å². The van der Waals surface area contributed by atoms with E-state index in [1.165, 1.54) is 111 Å². The molecule has 0 N–H and O–H groups in total. The van der Waals surface area contributed by atoms with Gasteiger partial charge in [-0.05, 0) is 160 Å². The minimum atomic E-state index is -0.435. The molecule has 0 unspecified atom stereocenters. The Morgan fingerprint density at radius 1 is 0.343 bits per heavy atom. The molecule has 1 heteroatoms. The number of hydrogen-bond donors (Lipinski definition) is 0. The Hall–Kier alpha value is -8.26. The van der Waals surface area contributed by atoms with E-state index in [4.69, 9.17) is 0 Å². The molecule has 0 radical (unpaired) electrons. The van der Waals surface area contributed by atoms with E-state index in [0.717, 1.165) is 29.9 Å². The van der Waals surface area contributed by atoms with Crippen LogP contribution in [0.15, 0.2) is 242 Å². The van der Waals surface area contributed by atoms with Gasteiger partial charge < -0.3 is 4.90 Å². The van der Waals surface area contributed by atoms with Gasteiger partial charge in [-0.3, -0.25) is 0 Å². The fourth-order valence-corrected chi connectivity index (χ4v) is 13.4. The Kier molecular flexibility index (Phi) is 7.53. The number of nitrogens with zero attached hydrogens (tertiary/aromatic N) is 1. The van der Waals surface area contributed by atoms with Gasteiger partial charge in [0.15, 0.2) is 0 Å². The van der Waals surface area contributed by atoms with Crippen molar-refractivity contribution in [2.75, 3.05) is 4.90 Å². The molecule has 1 nitrogen and oxygen atoms in total. The molecule has 0 atom stereocenters. The van der Waals surface area contributed by atoms with Gasteiger partial charge in [-0.1, -0.05) is 200 Å². The quantitative estimate of drug-likeness (QED) is 0.171. The van der Waals surface area contributed by atoms with Crippen LogP contribution in [0.4, 0.5) is 17.1 Å². The molecular formula is C66H43N. The van der Waals surface area contributed by atoms with Crippen LogP contribution < -0.4 is 4.90 Å². The smallest absolute Gasteiger partial charge is 0.0726 e. The highest BCUT2D eigenvalue weighted by molar-refractivity contribution is 6.06. The summed E-state index contributed by atoms with van der Waals surface area (Å²) in [4.78, 5) is 2.49. The second-order valence-corrected chi connectivity index (χ2v) is 18.9. The van der Waals surface area contributed by atoms with Crippen molar-refractivity contribution in [2.24, 2.45) is 0 Å². The van der Waals surface area contributed by atoms with Crippen LogP contribution in [0.5, 0.6) is 0 Å². The highest BCUT2D eigenvalue weighted by Gasteiger charge is 2.54. The standard InChI is InChI=1S/C66H43N/c1-2-16-42(17-3-1)43-30-33-45(34-31-43)67(47-36-38-54-53-22-8-14-28-60(53)66(63(54)41-47)58-26-12-6-20-51(58)52-21-7-13-27-59(52)66)46-35-37-48-44(40-46)32-39-62-64(48)55-23-9-15-29-61(55)65(62)56-24-10-4-18-49(56)50-19-5-11-25-57(50)65/h1-8,10-22,24-41H,9,23H2. The van der Waals surface area contributed by atoms with Crippen molar-refractivity contribution in [2.45, 2.75) is 23.7 Å². The van der Waals surface area contributed by atoms with Crippen molar-refractivity contribution in [3.63, 3.8) is 0 Å². The van der Waals surface area contributed by atoms with E-state index in [1.807, 2.05) is 0 Å². The van der Waals surface area contributed by atoms with Gasteiger partial charge in [-0.2, -0.15) is 0 Å². The summed E-state index contributed by atoms with van der Waals surface area (Å²) in [6.07, 6.45) is 6.95. The average Bonchev–Trinajstić information content (AvgIpc) is 4.08. The van der Waals surface area contributed by atoms with E-state index >= 15 is 0 Å². The maximum absolute atomic E-state index is 2.51. The van der Waals surface area contributed by atoms with Gasteiger partial charge >= 0.3 is 0 Å². The molecule has 0 fully saturated rings. The van der Waals surface area contributed by atoms with E-state index < -0.39 is 5.41 Å². The molecule has 10 aromatic carbocycles. The fourth-order valence-electron chi connectivity index (χ4n) is 13.4. The van der Waals surface area contributed by atoms with E-state index in [-0.39, 0.29) is 5.41 Å². The zero-order chi connectivity index (χ0) is 43.8. The Bertz CT molecular complexity index is 3700. The van der Waals surface area contributed by atoms with Crippen LogP contribution in [0, 0.1) is 0 Å². The first-order valence-corrected chi connectivity index (χ1v) is 23.8. The van der Waals surface area contributed by atoms with E-state index in [0.29, 0.717) is 0 Å². The van der Waals surface area contributed by atoms with Gasteiger partial charge in [0.1, 0.15) is 0 Å². The zero-order valence-electron chi connectivity index (χ0n) is 36.9. The molecule has 5 aliphatic carbocycles. The first-order chi connectivity index (χ1) is 33.2. The molecule has 0 saturated heterocycles. The number of hydrogen-bond acceptors (Lipinski definition) is 1. The summed E-state index contributed by atoms with van der Waals surface area (Å²) in [5, 5.41) is 2.58. The van der Waals surface area contributed by atoms with Crippen LogP contribution in [-0.2, 0) is 10.8 Å². The lowest BCUT2D eigenvalue weighted by Crippen LogP contribution is -2.27. The third-order valence-electron chi connectivity index (χ3n) is 16.0. The van der Waals surface area contributed by atoms with E-state index in [9.17, 15) is 0 Å². The maximum atomic E-state index is 2.51. The number of anilines is 3. The molecule has 15 rings (SSSR count). The Morgan fingerprint density at radius 3 is 1.42 bits per heavy atom. The molecule has 0 heterocycles. The molecule has 0 saturated carbocycles. The highest BCUT2D eigenvalue weighted by atomic mass is 15.1. The van der Waals surface area contributed by atoms with Crippen molar-refractivity contribution < 1.29 is 0 Å². The lowest BCUT2D eigenvalue weighted by Gasteiger charge is -2.32. The van der Waals surface area contributed by atoms with Crippen LogP contribution in [0.1, 0.15) is 57.3 Å². The second kappa shape index (κ2) is 13.6. The lowest BCUT2D eigenvalue weighted by molar-refractivity contribution is 0.781. The van der Waals surface area contributed by atoms with Crippen LogP contribution in [0.3, 0.4) is 0 Å². The zero-order valence-corrected chi connectivity index (χ0v) is 36.9. The fraction of sp³-hybridized carbons (Fsp3) is 0.0606. The predicted molar refractivity (Wildman–Crippen MR) is 277 cm³/mol.